The van der Waals surface area contributed by atoms with E-state index in [4.69, 9.17) is 4.74 Å². The van der Waals surface area contributed by atoms with Gasteiger partial charge in [-0.3, -0.25) is 19.3 Å². The van der Waals surface area contributed by atoms with Gasteiger partial charge in [0.2, 0.25) is 11.8 Å². The van der Waals surface area contributed by atoms with Crippen LogP contribution in [0.3, 0.4) is 0 Å². The summed E-state index contributed by atoms with van der Waals surface area (Å²) < 4.78 is 5.44. The minimum atomic E-state index is -0.994. The predicted molar refractivity (Wildman–Crippen MR) is 158 cm³/mol. The van der Waals surface area contributed by atoms with Crippen LogP contribution in [0.4, 0.5) is 5.69 Å². The van der Waals surface area contributed by atoms with Gasteiger partial charge in [-0.2, -0.15) is 0 Å². The van der Waals surface area contributed by atoms with E-state index in [1.807, 2.05) is 51.1 Å². The van der Waals surface area contributed by atoms with Gasteiger partial charge in [0.15, 0.2) is 0 Å². The van der Waals surface area contributed by atoms with Gasteiger partial charge in [0.1, 0.15) is 11.8 Å². The van der Waals surface area contributed by atoms with Crippen molar-refractivity contribution in [3.05, 3.63) is 82.0 Å². The number of methoxy groups -OCH3 is 1. The molecule has 0 unspecified atom stereocenters. The SMILES string of the molecule is CC[C@@H](C)c1ccc(N(C(=O)CNC(=O)c2cccs2)[C@@H](C(=O)NC(C)(C)CC)c2cccc(OC)c2)cc1. The number of hydrogen-bond donors (Lipinski definition) is 2. The molecule has 2 aromatic carbocycles. The zero-order chi connectivity index (χ0) is 28.6. The van der Waals surface area contributed by atoms with Crippen molar-refractivity contribution in [3.8, 4) is 5.75 Å². The van der Waals surface area contributed by atoms with Crippen molar-refractivity contribution >= 4 is 34.7 Å². The molecule has 39 heavy (non-hydrogen) atoms. The van der Waals surface area contributed by atoms with Gasteiger partial charge >= 0.3 is 0 Å². The first-order valence-corrected chi connectivity index (χ1v) is 14.2. The van der Waals surface area contributed by atoms with E-state index in [2.05, 4.69) is 24.5 Å². The predicted octanol–water partition coefficient (Wildman–Crippen LogP) is 6.08. The van der Waals surface area contributed by atoms with Crippen LogP contribution in [-0.2, 0) is 9.59 Å². The number of carbonyl (C=O) groups excluding carboxylic acids is 3. The van der Waals surface area contributed by atoms with Crippen molar-refractivity contribution in [2.75, 3.05) is 18.6 Å². The van der Waals surface area contributed by atoms with Crippen LogP contribution in [0.1, 0.15) is 80.2 Å². The summed E-state index contributed by atoms with van der Waals surface area (Å²) in [5, 5.41) is 7.64. The summed E-state index contributed by atoms with van der Waals surface area (Å²) in [7, 11) is 1.56. The lowest BCUT2D eigenvalue weighted by atomic mass is 9.96. The summed E-state index contributed by atoms with van der Waals surface area (Å²) >= 11 is 1.30. The summed E-state index contributed by atoms with van der Waals surface area (Å²) in [5.74, 6) is -0.130. The van der Waals surface area contributed by atoms with Gasteiger partial charge in [-0.25, -0.2) is 0 Å². The van der Waals surface area contributed by atoms with E-state index < -0.39 is 17.5 Å². The minimum absolute atomic E-state index is 0.269. The Morgan fingerprint density at radius 2 is 1.72 bits per heavy atom. The molecule has 0 saturated carbocycles. The van der Waals surface area contributed by atoms with Crippen LogP contribution in [0.5, 0.6) is 5.75 Å². The Balaban J connectivity index is 2.08. The maximum Gasteiger partial charge on any atom is 0.261 e. The second kappa shape index (κ2) is 13.4. The molecule has 0 saturated heterocycles. The average Bonchev–Trinajstić information content (AvgIpc) is 3.49. The van der Waals surface area contributed by atoms with E-state index in [0.717, 1.165) is 12.0 Å². The Labute approximate surface area is 235 Å². The fourth-order valence-corrected chi connectivity index (χ4v) is 4.73. The number of nitrogens with one attached hydrogen (secondary N) is 2. The van der Waals surface area contributed by atoms with Crippen molar-refractivity contribution in [2.45, 2.75) is 65.0 Å². The van der Waals surface area contributed by atoms with Crippen LogP contribution in [0.25, 0.3) is 0 Å². The van der Waals surface area contributed by atoms with Crippen molar-refractivity contribution in [1.29, 1.82) is 0 Å². The molecule has 3 amide bonds. The first-order valence-electron chi connectivity index (χ1n) is 13.3. The molecule has 0 aliphatic carbocycles. The first kappa shape index (κ1) is 29.9. The van der Waals surface area contributed by atoms with Crippen molar-refractivity contribution < 1.29 is 19.1 Å². The molecule has 0 bridgehead atoms. The van der Waals surface area contributed by atoms with Gasteiger partial charge in [0, 0.05) is 11.2 Å². The lowest BCUT2D eigenvalue weighted by Gasteiger charge is -2.35. The molecule has 0 spiro atoms. The molecule has 1 aromatic heterocycles. The van der Waals surface area contributed by atoms with Crippen LogP contribution in [0.2, 0.25) is 0 Å². The molecule has 0 fully saturated rings. The van der Waals surface area contributed by atoms with E-state index in [9.17, 15) is 14.4 Å². The monoisotopic (exact) mass is 549 g/mol. The van der Waals surface area contributed by atoms with Crippen LogP contribution < -0.4 is 20.3 Å². The highest BCUT2D eigenvalue weighted by Gasteiger charge is 2.35. The molecule has 3 aromatic rings. The Morgan fingerprint density at radius 1 is 1.00 bits per heavy atom. The lowest BCUT2D eigenvalue weighted by molar-refractivity contribution is -0.127. The number of ether oxygens (including phenoxy) is 1. The average molecular weight is 550 g/mol. The fraction of sp³-hybridized carbons (Fsp3) is 0.387. The summed E-state index contributed by atoms with van der Waals surface area (Å²) in [6.07, 6.45) is 1.69. The topological polar surface area (TPSA) is 87.7 Å². The Kier molecular flexibility index (Phi) is 10.3. The number of carbonyl (C=O) groups is 3. The van der Waals surface area contributed by atoms with E-state index in [1.165, 1.54) is 16.2 Å². The van der Waals surface area contributed by atoms with Crippen LogP contribution >= 0.6 is 11.3 Å². The number of anilines is 1. The van der Waals surface area contributed by atoms with Gasteiger partial charge in [0.25, 0.3) is 5.91 Å². The van der Waals surface area contributed by atoms with E-state index in [-0.39, 0.29) is 18.4 Å². The van der Waals surface area contributed by atoms with Gasteiger partial charge in [-0.05, 0) is 79.4 Å². The summed E-state index contributed by atoms with van der Waals surface area (Å²) in [4.78, 5) is 42.5. The molecule has 2 atom stereocenters. The second-order valence-corrected chi connectivity index (χ2v) is 11.2. The Morgan fingerprint density at radius 3 is 2.31 bits per heavy atom. The van der Waals surface area contributed by atoms with Crippen molar-refractivity contribution in [2.24, 2.45) is 0 Å². The molecular weight excluding hydrogens is 510 g/mol. The maximum atomic E-state index is 14.0. The smallest absolute Gasteiger partial charge is 0.261 e. The van der Waals surface area contributed by atoms with E-state index >= 15 is 0 Å². The third-order valence-corrected chi connectivity index (χ3v) is 7.90. The number of benzene rings is 2. The molecule has 1 heterocycles. The minimum Gasteiger partial charge on any atom is -0.497 e. The molecular formula is C31H39N3O4S. The van der Waals surface area contributed by atoms with Crippen LogP contribution in [0, 0.1) is 0 Å². The standard InChI is InChI=1S/C31H39N3O4S/c1-7-21(3)22-14-16-24(17-15-22)34(27(35)20-32-29(36)26-13-10-18-39-26)28(30(37)33-31(4,5)8-2)23-11-9-12-25(19-23)38-6/h9-19,21,28H,7-8,20H2,1-6H3,(H,32,36)(H,33,37)/t21-,28-/m1/s1. The molecule has 208 valence electrons. The van der Waals surface area contributed by atoms with Gasteiger partial charge in [-0.1, -0.05) is 51.1 Å². The fourth-order valence-electron chi connectivity index (χ4n) is 4.09. The zero-order valence-corrected chi connectivity index (χ0v) is 24.4. The van der Waals surface area contributed by atoms with E-state index in [0.29, 0.717) is 34.2 Å². The van der Waals surface area contributed by atoms with Gasteiger partial charge < -0.3 is 15.4 Å². The maximum absolute atomic E-state index is 14.0. The largest absolute Gasteiger partial charge is 0.497 e. The molecule has 0 aliphatic rings. The van der Waals surface area contributed by atoms with E-state index in [1.54, 1.807) is 42.8 Å². The summed E-state index contributed by atoms with van der Waals surface area (Å²) in [6, 6.07) is 17.4. The Bertz CT molecular complexity index is 1260. The zero-order valence-electron chi connectivity index (χ0n) is 23.6. The third-order valence-electron chi connectivity index (χ3n) is 7.03. The molecule has 2 N–H and O–H groups in total. The summed E-state index contributed by atoms with van der Waals surface area (Å²) in [5.41, 5.74) is 1.82. The highest BCUT2D eigenvalue weighted by atomic mass is 32.1. The number of thiophene rings is 1. The van der Waals surface area contributed by atoms with Crippen molar-refractivity contribution in [3.63, 3.8) is 0 Å². The third kappa shape index (κ3) is 7.69. The molecule has 7 nitrogen and oxygen atoms in total. The molecule has 8 heteroatoms. The summed E-state index contributed by atoms with van der Waals surface area (Å²) in [6.45, 7) is 9.90. The van der Waals surface area contributed by atoms with Gasteiger partial charge in [0.05, 0.1) is 18.5 Å². The lowest BCUT2D eigenvalue weighted by Crippen LogP contribution is -2.52. The van der Waals surface area contributed by atoms with Crippen molar-refractivity contribution in [1.82, 2.24) is 10.6 Å². The molecule has 3 rings (SSSR count). The molecule has 0 aliphatic heterocycles. The highest BCUT2D eigenvalue weighted by molar-refractivity contribution is 7.12. The second-order valence-electron chi connectivity index (χ2n) is 10.2. The number of nitrogens with zero attached hydrogens (tertiary/aromatic N) is 1. The quantitative estimate of drug-likeness (QED) is 0.287. The molecule has 0 radical (unpaired) electrons. The van der Waals surface area contributed by atoms with Crippen LogP contribution in [0.15, 0.2) is 66.0 Å². The Hall–Kier alpha value is -3.65. The van der Waals surface area contributed by atoms with Crippen LogP contribution in [-0.4, -0.2) is 36.9 Å². The number of rotatable bonds is 12. The highest BCUT2D eigenvalue weighted by Crippen LogP contribution is 2.32. The van der Waals surface area contributed by atoms with Gasteiger partial charge in [-0.15, -0.1) is 11.3 Å². The normalized spacial score (nSPS) is 12.8. The number of amides is 3. The number of hydrogen-bond acceptors (Lipinski definition) is 5. The first-order chi connectivity index (χ1) is 18.6.